The molecule has 0 amide bonds. The van der Waals surface area contributed by atoms with Crippen LogP contribution >= 0.6 is 0 Å². The first kappa shape index (κ1) is 27.7. The van der Waals surface area contributed by atoms with Crippen LogP contribution in [-0.2, 0) is 0 Å². The van der Waals surface area contributed by atoms with Crippen molar-refractivity contribution in [1.82, 2.24) is 0 Å². The molecule has 0 fully saturated rings. The van der Waals surface area contributed by atoms with E-state index in [1.54, 1.807) is 0 Å². The minimum absolute atomic E-state index is 0.915. The summed E-state index contributed by atoms with van der Waals surface area (Å²) in [5.74, 6) is 0. The summed E-state index contributed by atoms with van der Waals surface area (Å²) in [6, 6.07) is 65.9. The molecule has 1 heteroatoms. The third-order valence-corrected chi connectivity index (χ3v) is 10.1. The Bertz CT molecular complexity index is 2820. The lowest BCUT2D eigenvalue weighted by Crippen LogP contribution is -1.92. The van der Waals surface area contributed by atoms with Crippen molar-refractivity contribution in [3.05, 3.63) is 182 Å². The Morgan fingerprint density at radius 1 is 0.265 bits per heavy atom. The molecule has 0 unspecified atom stereocenters. The molecule has 0 saturated heterocycles. The molecule has 0 aliphatic rings. The summed E-state index contributed by atoms with van der Waals surface area (Å²) in [7, 11) is 0. The zero-order chi connectivity index (χ0) is 32.3. The molecule has 0 saturated carbocycles. The van der Waals surface area contributed by atoms with Crippen LogP contribution in [-0.4, -0.2) is 0 Å². The van der Waals surface area contributed by atoms with Crippen molar-refractivity contribution in [1.29, 1.82) is 0 Å². The molecule has 10 rings (SSSR count). The lowest BCUT2D eigenvalue weighted by atomic mass is 9.84. The number of hydrogen-bond acceptors (Lipinski definition) is 1. The summed E-state index contributed by atoms with van der Waals surface area (Å²) in [5.41, 5.74) is 11.6. The number of benzene rings is 9. The lowest BCUT2D eigenvalue weighted by molar-refractivity contribution is 0.669. The highest BCUT2D eigenvalue weighted by Gasteiger charge is 2.19. The van der Waals surface area contributed by atoms with Crippen molar-refractivity contribution in [2.75, 3.05) is 0 Å². The molecule has 1 heterocycles. The van der Waals surface area contributed by atoms with E-state index >= 15 is 0 Å². The number of fused-ring (bicyclic) bond motifs is 6. The van der Waals surface area contributed by atoms with Gasteiger partial charge in [-0.15, -0.1) is 0 Å². The number of rotatable bonds is 4. The monoisotopic (exact) mass is 622 g/mol. The molecule has 0 radical (unpaired) electrons. The highest BCUT2D eigenvalue weighted by molar-refractivity contribution is 6.23. The van der Waals surface area contributed by atoms with E-state index in [9.17, 15) is 0 Å². The molecule has 0 N–H and O–H groups in total. The normalized spacial score (nSPS) is 11.7. The quantitative estimate of drug-likeness (QED) is 0.178. The molecular weight excluding hydrogens is 593 g/mol. The van der Waals surface area contributed by atoms with Gasteiger partial charge >= 0.3 is 0 Å². The molecule has 0 aliphatic carbocycles. The van der Waals surface area contributed by atoms with E-state index < -0.39 is 0 Å². The SMILES string of the molecule is c1ccc(-c2ccc3cccc(-c4c5ccccc5c(-c5cccc(-c6ccc7oc8ccccc8c7c6)c5)c5ccccc45)c3c2)cc1. The molecule has 0 aliphatic heterocycles. The Kier molecular flexibility index (Phi) is 6.25. The predicted octanol–water partition coefficient (Wildman–Crippen LogP) is 13.7. The Balaban J connectivity index is 1.20. The number of furan rings is 1. The van der Waals surface area contributed by atoms with E-state index in [1.807, 2.05) is 12.1 Å². The smallest absolute Gasteiger partial charge is 0.135 e. The van der Waals surface area contributed by atoms with E-state index in [-0.39, 0.29) is 0 Å². The molecule has 0 atom stereocenters. The molecule has 10 aromatic rings. The zero-order valence-electron chi connectivity index (χ0n) is 26.7. The van der Waals surface area contributed by atoms with Gasteiger partial charge in [0.25, 0.3) is 0 Å². The number of para-hydroxylation sites is 1. The van der Waals surface area contributed by atoms with Crippen LogP contribution in [0.2, 0.25) is 0 Å². The van der Waals surface area contributed by atoms with Crippen LogP contribution in [0, 0.1) is 0 Å². The Morgan fingerprint density at radius 2 is 0.796 bits per heavy atom. The van der Waals surface area contributed by atoms with Crippen molar-refractivity contribution >= 4 is 54.3 Å². The van der Waals surface area contributed by atoms with E-state index in [2.05, 4.69) is 170 Å². The number of hydrogen-bond donors (Lipinski definition) is 0. The van der Waals surface area contributed by atoms with Gasteiger partial charge in [-0.2, -0.15) is 0 Å². The largest absolute Gasteiger partial charge is 0.456 e. The second kappa shape index (κ2) is 11.1. The third kappa shape index (κ3) is 4.47. The molecule has 1 aromatic heterocycles. The summed E-state index contributed by atoms with van der Waals surface area (Å²) >= 11 is 0. The van der Waals surface area contributed by atoms with Crippen molar-refractivity contribution in [3.63, 3.8) is 0 Å². The molecule has 1 nitrogen and oxygen atoms in total. The second-order valence-electron chi connectivity index (χ2n) is 12.8. The van der Waals surface area contributed by atoms with Gasteiger partial charge in [0.05, 0.1) is 0 Å². The Morgan fingerprint density at radius 3 is 1.57 bits per heavy atom. The van der Waals surface area contributed by atoms with Crippen LogP contribution in [0.25, 0.3) is 98.8 Å². The first-order chi connectivity index (χ1) is 24.3. The lowest BCUT2D eigenvalue weighted by Gasteiger charge is -2.19. The maximum atomic E-state index is 6.14. The van der Waals surface area contributed by atoms with Crippen LogP contribution in [0.1, 0.15) is 0 Å². The fraction of sp³-hybridized carbons (Fsp3) is 0. The molecule has 49 heavy (non-hydrogen) atoms. The van der Waals surface area contributed by atoms with Crippen LogP contribution in [0.4, 0.5) is 0 Å². The minimum Gasteiger partial charge on any atom is -0.456 e. The van der Waals surface area contributed by atoms with Crippen molar-refractivity contribution in [2.24, 2.45) is 0 Å². The van der Waals surface area contributed by atoms with Gasteiger partial charge in [-0.25, -0.2) is 0 Å². The maximum Gasteiger partial charge on any atom is 0.135 e. The van der Waals surface area contributed by atoms with Gasteiger partial charge in [-0.3, -0.25) is 0 Å². The van der Waals surface area contributed by atoms with Gasteiger partial charge in [0.2, 0.25) is 0 Å². The van der Waals surface area contributed by atoms with Gasteiger partial charge in [0.1, 0.15) is 11.2 Å². The Hall–Kier alpha value is -6.44. The van der Waals surface area contributed by atoms with Crippen LogP contribution < -0.4 is 0 Å². The summed E-state index contributed by atoms with van der Waals surface area (Å²) in [5, 5.41) is 9.80. The maximum absolute atomic E-state index is 6.14. The first-order valence-electron chi connectivity index (χ1n) is 16.8. The highest BCUT2D eigenvalue weighted by atomic mass is 16.3. The topological polar surface area (TPSA) is 13.1 Å². The third-order valence-electron chi connectivity index (χ3n) is 10.1. The molecule has 0 bridgehead atoms. The van der Waals surface area contributed by atoms with Gasteiger partial charge in [0.15, 0.2) is 0 Å². The van der Waals surface area contributed by atoms with E-state index in [4.69, 9.17) is 4.42 Å². The second-order valence-corrected chi connectivity index (χ2v) is 12.8. The predicted molar refractivity (Wildman–Crippen MR) is 208 cm³/mol. The van der Waals surface area contributed by atoms with Gasteiger partial charge in [-0.1, -0.05) is 152 Å². The van der Waals surface area contributed by atoms with E-state index in [0.717, 1.165) is 21.9 Å². The fourth-order valence-corrected chi connectivity index (χ4v) is 7.79. The van der Waals surface area contributed by atoms with E-state index in [1.165, 1.54) is 76.8 Å². The fourth-order valence-electron chi connectivity index (χ4n) is 7.79. The molecular formula is C48H30O. The van der Waals surface area contributed by atoms with Crippen LogP contribution in [0.3, 0.4) is 0 Å². The highest BCUT2D eigenvalue weighted by Crippen LogP contribution is 2.46. The van der Waals surface area contributed by atoms with Crippen LogP contribution in [0.15, 0.2) is 186 Å². The van der Waals surface area contributed by atoms with Crippen molar-refractivity contribution in [3.8, 4) is 44.5 Å². The van der Waals surface area contributed by atoms with E-state index in [0.29, 0.717) is 0 Å². The van der Waals surface area contributed by atoms with Gasteiger partial charge < -0.3 is 4.42 Å². The van der Waals surface area contributed by atoms with Gasteiger partial charge in [-0.05, 0) is 107 Å². The standard InChI is InChI=1S/C48H30O/c1-2-12-31(13-3-1)34-25-24-32-14-11-22-42(43(32)29-34)48-40-20-6-4-18-38(40)47(39-19-5-7-21-41(39)48)36-16-10-15-33(28-36)35-26-27-46-44(30-35)37-17-8-9-23-45(37)49-46/h1-30H. The zero-order valence-corrected chi connectivity index (χ0v) is 26.7. The summed E-state index contributed by atoms with van der Waals surface area (Å²) in [6.45, 7) is 0. The Labute approximate surface area is 284 Å². The van der Waals surface area contributed by atoms with Crippen LogP contribution in [0.5, 0.6) is 0 Å². The van der Waals surface area contributed by atoms with Gasteiger partial charge in [0, 0.05) is 10.8 Å². The van der Waals surface area contributed by atoms with Crippen molar-refractivity contribution < 1.29 is 4.42 Å². The average Bonchev–Trinajstić information content (AvgIpc) is 3.55. The summed E-state index contributed by atoms with van der Waals surface area (Å²) in [6.07, 6.45) is 0. The molecule has 228 valence electrons. The first-order valence-corrected chi connectivity index (χ1v) is 16.8. The minimum atomic E-state index is 0.915. The molecule has 0 spiro atoms. The average molecular weight is 623 g/mol. The molecule has 9 aromatic carbocycles. The summed E-state index contributed by atoms with van der Waals surface area (Å²) < 4.78 is 6.14. The summed E-state index contributed by atoms with van der Waals surface area (Å²) in [4.78, 5) is 0. The van der Waals surface area contributed by atoms with Crippen molar-refractivity contribution in [2.45, 2.75) is 0 Å².